The monoisotopic (exact) mass is 360 g/mol. The second kappa shape index (κ2) is 8.37. The van der Waals surface area contributed by atoms with Crippen molar-refractivity contribution in [2.45, 2.75) is 81.5 Å². The fourth-order valence-electron chi connectivity index (χ4n) is 4.32. The van der Waals surface area contributed by atoms with Gasteiger partial charge in [-0.05, 0) is 49.9 Å². The summed E-state index contributed by atoms with van der Waals surface area (Å²) >= 11 is 2.01. The van der Waals surface area contributed by atoms with Gasteiger partial charge in [0.1, 0.15) is 0 Å². The van der Waals surface area contributed by atoms with Gasteiger partial charge in [-0.15, -0.1) is 11.8 Å². The molecule has 1 saturated carbocycles. The van der Waals surface area contributed by atoms with Crippen molar-refractivity contribution < 1.29 is 14.1 Å². The highest BCUT2D eigenvalue weighted by Crippen LogP contribution is 2.55. The Hall–Kier alpha value is -0.0300. The Kier molecular flexibility index (Phi) is 7.02. The summed E-state index contributed by atoms with van der Waals surface area (Å²) in [4.78, 5) is 10.6. The summed E-state index contributed by atoms with van der Waals surface area (Å²) < 4.78 is 13.0. The van der Waals surface area contributed by atoms with Gasteiger partial charge in [-0.1, -0.05) is 33.6 Å². The van der Waals surface area contributed by atoms with Gasteiger partial charge in [0, 0.05) is 28.2 Å². The molecule has 3 nitrogen and oxygen atoms in total. The van der Waals surface area contributed by atoms with E-state index in [4.69, 9.17) is 5.11 Å². The van der Waals surface area contributed by atoms with Crippen LogP contribution < -0.4 is 0 Å². The van der Waals surface area contributed by atoms with E-state index < -0.39 is 16.8 Å². The number of hydrogen-bond donors (Lipinski definition) is 1. The molecule has 0 radical (unpaired) electrons. The molecule has 0 aromatic rings. The van der Waals surface area contributed by atoms with Crippen molar-refractivity contribution in [3.63, 3.8) is 0 Å². The number of hydrogen-bond acceptors (Lipinski definition) is 3. The van der Waals surface area contributed by atoms with Crippen molar-refractivity contribution in [3.05, 3.63) is 0 Å². The van der Waals surface area contributed by atoms with Crippen molar-refractivity contribution in [3.8, 4) is 0 Å². The Morgan fingerprint density at radius 3 is 2.70 bits per heavy atom. The van der Waals surface area contributed by atoms with Crippen LogP contribution in [0.3, 0.4) is 0 Å². The Bertz CT molecular complexity index is 438. The van der Waals surface area contributed by atoms with Gasteiger partial charge in [0.05, 0.1) is 4.08 Å². The van der Waals surface area contributed by atoms with Crippen LogP contribution in [0.25, 0.3) is 0 Å². The molecule has 1 saturated heterocycles. The van der Waals surface area contributed by atoms with Crippen molar-refractivity contribution in [1.82, 2.24) is 0 Å². The van der Waals surface area contributed by atoms with E-state index in [2.05, 4.69) is 20.8 Å². The molecule has 1 spiro atoms. The van der Waals surface area contributed by atoms with E-state index in [9.17, 15) is 9.00 Å². The van der Waals surface area contributed by atoms with Crippen molar-refractivity contribution in [2.75, 3.05) is 5.75 Å². The van der Waals surface area contributed by atoms with Crippen LogP contribution in [0.1, 0.15) is 72.1 Å². The molecule has 2 aliphatic rings. The van der Waals surface area contributed by atoms with Gasteiger partial charge in [-0.3, -0.25) is 9.00 Å². The van der Waals surface area contributed by atoms with Crippen LogP contribution in [0, 0.1) is 17.8 Å². The Balaban J connectivity index is 2.02. The number of aliphatic carboxylic acids is 1. The third-order valence-corrected chi connectivity index (χ3v) is 9.88. The summed E-state index contributed by atoms with van der Waals surface area (Å²) in [5, 5.41) is 9.33. The molecule has 5 heteroatoms. The third-order valence-electron chi connectivity index (χ3n) is 5.52. The van der Waals surface area contributed by atoms with Gasteiger partial charge in [-0.2, -0.15) is 0 Å². The standard InChI is InChI=1S/C18H32O3S2/c1-13(2)16-9-8-14(3)12-18(16)22-15(10-11-23(18)21)6-4-5-7-17(19)20/h13-16H,4-12H2,1-3H3,(H,19,20). The molecular formula is C18H32O3S2. The zero-order valence-electron chi connectivity index (χ0n) is 14.8. The predicted molar refractivity (Wildman–Crippen MR) is 99.2 cm³/mol. The van der Waals surface area contributed by atoms with E-state index in [0.29, 0.717) is 23.0 Å². The summed E-state index contributed by atoms with van der Waals surface area (Å²) in [6.45, 7) is 6.89. The maximum Gasteiger partial charge on any atom is 0.303 e. The average Bonchev–Trinajstić information content (AvgIpc) is 2.47. The topological polar surface area (TPSA) is 54.4 Å². The van der Waals surface area contributed by atoms with Crippen LogP contribution >= 0.6 is 11.8 Å². The molecule has 1 aliphatic carbocycles. The van der Waals surface area contributed by atoms with Crippen LogP contribution in [0.5, 0.6) is 0 Å². The van der Waals surface area contributed by atoms with Crippen molar-refractivity contribution in [1.29, 1.82) is 0 Å². The number of carboxylic acid groups (broad SMARTS) is 1. The number of carboxylic acids is 1. The second-order valence-corrected chi connectivity index (χ2v) is 11.5. The lowest BCUT2D eigenvalue weighted by atomic mass is 9.76. The fraction of sp³-hybridized carbons (Fsp3) is 0.944. The van der Waals surface area contributed by atoms with E-state index in [1.807, 2.05) is 11.8 Å². The minimum absolute atomic E-state index is 0.0401. The van der Waals surface area contributed by atoms with Gasteiger partial charge in [0.2, 0.25) is 0 Å². The van der Waals surface area contributed by atoms with E-state index >= 15 is 0 Å². The molecule has 1 N–H and O–H groups in total. The van der Waals surface area contributed by atoms with Crippen LogP contribution in [0.2, 0.25) is 0 Å². The molecule has 0 amide bonds. The summed E-state index contributed by atoms with van der Waals surface area (Å²) in [7, 11) is -0.723. The molecule has 2 fully saturated rings. The largest absolute Gasteiger partial charge is 0.481 e. The summed E-state index contributed by atoms with van der Waals surface area (Å²) in [5.74, 6) is 1.97. The zero-order valence-corrected chi connectivity index (χ0v) is 16.4. The average molecular weight is 361 g/mol. The molecular weight excluding hydrogens is 328 g/mol. The molecule has 0 bridgehead atoms. The minimum Gasteiger partial charge on any atom is -0.481 e. The van der Waals surface area contributed by atoms with Gasteiger partial charge in [0.15, 0.2) is 0 Å². The van der Waals surface area contributed by atoms with E-state index in [-0.39, 0.29) is 10.5 Å². The fourth-order valence-corrected chi connectivity index (χ4v) is 9.63. The Morgan fingerprint density at radius 2 is 2.04 bits per heavy atom. The van der Waals surface area contributed by atoms with Gasteiger partial charge in [-0.25, -0.2) is 0 Å². The van der Waals surface area contributed by atoms with Gasteiger partial charge < -0.3 is 5.11 Å². The molecule has 1 aliphatic heterocycles. The summed E-state index contributed by atoms with van der Waals surface area (Å²) in [5.41, 5.74) is 0. The molecule has 0 aromatic carbocycles. The minimum atomic E-state index is -0.723. The maximum absolute atomic E-state index is 13.0. The van der Waals surface area contributed by atoms with Crippen LogP contribution in [0.15, 0.2) is 0 Å². The smallest absolute Gasteiger partial charge is 0.303 e. The molecule has 5 atom stereocenters. The predicted octanol–water partition coefficient (Wildman–Crippen LogP) is 4.67. The zero-order chi connectivity index (χ0) is 17.0. The lowest BCUT2D eigenvalue weighted by molar-refractivity contribution is -0.137. The van der Waals surface area contributed by atoms with Gasteiger partial charge in [0.25, 0.3) is 0 Å². The number of thioether (sulfide) groups is 1. The SMILES string of the molecule is CC1CCC(C(C)C)C2(C1)SC(CCCCC(=O)O)CCS2=O. The molecule has 0 aromatic heterocycles. The first-order valence-electron chi connectivity index (χ1n) is 9.13. The Labute approximate surface area is 147 Å². The Morgan fingerprint density at radius 1 is 1.30 bits per heavy atom. The van der Waals surface area contributed by atoms with E-state index in [1.165, 1.54) is 12.8 Å². The van der Waals surface area contributed by atoms with Gasteiger partial charge >= 0.3 is 5.97 Å². The quantitative estimate of drug-likeness (QED) is 0.699. The third kappa shape index (κ3) is 4.75. The van der Waals surface area contributed by atoms with Crippen molar-refractivity contribution in [2.24, 2.45) is 17.8 Å². The first kappa shape index (κ1) is 19.3. The molecule has 5 unspecified atom stereocenters. The van der Waals surface area contributed by atoms with Crippen LogP contribution in [-0.4, -0.2) is 30.4 Å². The van der Waals surface area contributed by atoms with E-state index in [0.717, 1.165) is 37.9 Å². The van der Waals surface area contributed by atoms with Crippen molar-refractivity contribution >= 4 is 28.5 Å². The highest BCUT2D eigenvalue weighted by molar-refractivity contribution is 8.13. The lowest BCUT2D eigenvalue weighted by Gasteiger charge is -2.50. The van der Waals surface area contributed by atoms with Crippen LogP contribution in [-0.2, 0) is 15.6 Å². The molecule has 134 valence electrons. The number of carbonyl (C=O) groups is 1. The van der Waals surface area contributed by atoms with Crippen LogP contribution in [0.4, 0.5) is 0 Å². The number of unbranched alkanes of at least 4 members (excludes halogenated alkanes) is 1. The lowest BCUT2D eigenvalue weighted by Crippen LogP contribution is -2.50. The maximum atomic E-state index is 13.0. The molecule has 2 rings (SSSR count). The van der Waals surface area contributed by atoms with E-state index in [1.54, 1.807) is 0 Å². The summed E-state index contributed by atoms with van der Waals surface area (Å²) in [6, 6.07) is 0. The first-order valence-corrected chi connectivity index (χ1v) is 11.3. The number of rotatable bonds is 6. The highest BCUT2D eigenvalue weighted by Gasteiger charge is 2.52. The molecule has 23 heavy (non-hydrogen) atoms. The first-order chi connectivity index (χ1) is 10.8. The summed E-state index contributed by atoms with van der Waals surface area (Å²) in [6.07, 6.45) is 7.72. The second-order valence-electron chi connectivity index (χ2n) is 7.77. The molecule has 1 heterocycles. The highest BCUT2D eigenvalue weighted by atomic mass is 32.2. The normalized spacial score (nSPS) is 38.1.